The normalized spacial score (nSPS) is 11.1. The van der Waals surface area contributed by atoms with E-state index in [9.17, 15) is 0 Å². The highest BCUT2D eigenvalue weighted by atomic mass is 15.4. The molecule has 2 aromatic heterocycles. The van der Waals surface area contributed by atoms with Gasteiger partial charge in [0.15, 0.2) is 11.5 Å². The molecule has 0 unspecified atom stereocenters. The Morgan fingerprint density at radius 2 is 1.95 bits per heavy atom. The Kier molecular flexibility index (Phi) is 3.43. The van der Waals surface area contributed by atoms with Gasteiger partial charge in [0.2, 0.25) is 0 Å². The van der Waals surface area contributed by atoms with Crippen LogP contribution in [-0.4, -0.2) is 33.4 Å². The molecule has 0 amide bonds. The molecule has 0 aliphatic heterocycles. The van der Waals surface area contributed by atoms with Crippen LogP contribution in [0.15, 0.2) is 36.4 Å². The van der Waals surface area contributed by atoms with Crippen molar-refractivity contribution in [3.8, 4) is 11.4 Å². The molecule has 0 spiro atoms. The summed E-state index contributed by atoms with van der Waals surface area (Å²) in [7, 11) is 1.96. The molecule has 20 heavy (non-hydrogen) atoms. The van der Waals surface area contributed by atoms with Crippen LogP contribution in [0.2, 0.25) is 0 Å². The molecule has 0 saturated heterocycles. The molecule has 2 heterocycles. The highest BCUT2D eigenvalue weighted by Gasteiger charge is 2.12. The van der Waals surface area contributed by atoms with Crippen LogP contribution >= 0.6 is 0 Å². The molecule has 0 radical (unpaired) electrons. The molecule has 102 valence electrons. The first-order chi connectivity index (χ1) is 9.79. The standard InChI is InChI=1S/C15H17N5/c1-11-7-8-14-17-18-15(20(14)19-11)13-6-4-3-5-12(13)9-10-16-2/h3-8,16H,9-10H2,1-2H3. The third kappa shape index (κ3) is 2.28. The number of fused-ring (bicyclic) bond motifs is 1. The minimum absolute atomic E-state index is 0.772. The van der Waals surface area contributed by atoms with Gasteiger partial charge < -0.3 is 5.32 Å². The fraction of sp³-hybridized carbons (Fsp3) is 0.267. The molecule has 0 atom stereocenters. The molecule has 5 heteroatoms. The van der Waals surface area contributed by atoms with Crippen molar-refractivity contribution in [2.45, 2.75) is 13.3 Å². The van der Waals surface area contributed by atoms with Gasteiger partial charge in [-0.3, -0.25) is 0 Å². The Balaban J connectivity index is 2.13. The zero-order chi connectivity index (χ0) is 13.9. The molecule has 5 nitrogen and oxygen atoms in total. The summed E-state index contributed by atoms with van der Waals surface area (Å²) >= 11 is 0. The third-order valence-corrected chi connectivity index (χ3v) is 3.30. The Bertz CT molecular complexity index is 732. The number of rotatable bonds is 4. The van der Waals surface area contributed by atoms with E-state index in [1.807, 2.05) is 36.7 Å². The van der Waals surface area contributed by atoms with Gasteiger partial charge in [-0.25, -0.2) is 0 Å². The number of hydrogen-bond acceptors (Lipinski definition) is 4. The SMILES string of the molecule is CNCCc1ccccc1-c1nnc2ccc(C)nn12. The van der Waals surface area contributed by atoms with Crippen molar-refractivity contribution in [3.63, 3.8) is 0 Å². The summed E-state index contributed by atoms with van der Waals surface area (Å²) in [5, 5.41) is 16.2. The van der Waals surface area contributed by atoms with Crippen molar-refractivity contribution in [2.75, 3.05) is 13.6 Å². The van der Waals surface area contributed by atoms with Crippen molar-refractivity contribution in [3.05, 3.63) is 47.7 Å². The highest BCUT2D eigenvalue weighted by Crippen LogP contribution is 2.22. The van der Waals surface area contributed by atoms with Crippen LogP contribution in [0.5, 0.6) is 0 Å². The van der Waals surface area contributed by atoms with E-state index in [0.29, 0.717) is 0 Å². The number of aryl methyl sites for hydroxylation is 1. The molecule has 0 aliphatic rings. The first-order valence-corrected chi connectivity index (χ1v) is 6.71. The van der Waals surface area contributed by atoms with Crippen LogP contribution in [0, 0.1) is 6.92 Å². The lowest BCUT2D eigenvalue weighted by molar-refractivity contribution is 0.791. The second kappa shape index (κ2) is 5.38. The maximum absolute atomic E-state index is 4.51. The summed E-state index contributed by atoms with van der Waals surface area (Å²) in [5.41, 5.74) is 4.06. The van der Waals surface area contributed by atoms with E-state index >= 15 is 0 Å². The zero-order valence-electron chi connectivity index (χ0n) is 11.7. The van der Waals surface area contributed by atoms with E-state index in [1.54, 1.807) is 0 Å². The minimum atomic E-state index is 0.772. The fourth-order valence-corrected chi connectivity index (χ4v) is 2.26. The van der Waals surface area contributed by atoms with Gasteiger partial charge in [-0.2, -0.15) is 9.61 Å². The van der Waals surface area contributed by atoms with Crippen LogP contribution in [0.1, 0.15) is 11.3 Å². The summed E-state index contributed by atoms with van der Waals surface area (Å²) in [6.45, 7) is 2.90. The number of nitrogens with zero attached hydrogens (tertiary/aromatic N) is 4. The van der Waals surface area contributed by atoms with E-state index < -0.39 is 0 Å². The predicted octanol–water partition coefficient (Wildman–Crippen LogP) is 1.86. The number of aromatic nitrogens is 4. The second-order valence-electron chi connectivity index (χ2n) is 4.78. The maximum Gasteiger partial charge on any atom is 0.185 e. The lowest BCUT2D eigenvalue weighted by atomic mass is 10.0. The van der Waals surface area contributed by atoms with E-state index in [0.717, 1.165) is 35.7 Å². The molecule has 1 aromatic carbocycles. The van der Waals surface area contributed by atoms with Crippen molar-refractivity contribution in [1.82, 2.24) is 25.1 Å². The Labute approximate surface area is 117 Å². The molecule has 3 aromatic rings. The lowest BCUT2D eigenvalue weighted by Crippen LogP contribution is -2.11. The van der Waals surface area contributed by atoms with Gasteiger partial charge in [0, 0.05) is 5.56 Å². The summed E-state index contributed by atoms with van der Waals surface area (Å²) in [6.07, 6.45) is 0.952. The van der Waals surface area contributed by atoms with E-state index in [-0.39, 0.29) is 0 Å². The van der Waals surface area contributed by atoms with Crippen molar-refractivity contribution >= 4 is 5.65 Å². The van der Waals surface area contributed by atoms with E-state index in [2.05, 4.69) is 38.8 Å². The molecular formula is C15H17N5. The summed E-state index contributed by atoms with van der Waals surface area (Å²) < 4.78 is 1.81. The summed E-state index contributed by atoms with van der Waals surface area (Å²) in [5.74, 6) is 0.801. The molecule has 1 N–H and O–H groups in total. The van der Waals surface area contributed by atoms with Crippen LogP contribution in [-0.2, 0) is 6.42 Å². The molecular weight excluding hydrogens is 250 g/mol. The predicted molar refractivity (Wildman–Crippen MR) is 78.6 cm³/mol. The van der Waals surface area contributed by atoms with E-state index in [4.69, 9.17) is 0 Å². The summed E-state index contributed by atoms with van der Waals surface area (Å²) in [6, 6.07) is 12.2. The number of nitrogens with one attached hydrogen (secondary N) is 1. The molecule has 0 saturated carbocycles. The first-order valence-electron chi connectivity index (χ1n) is 6.71. The molecule has 3 rings (SSSR count). The Morgan fingerprint density at radius 3 is 2.80 bits per heavy atom. The monoisotopic (exact) mass is 267 g/mol. The van der Waals surface area contributed by atoms with Gasteiger partial charge in [0.1, 0.15) is 0 Å². The van der Waals surface area contributed by atoms with Gasteiger partial charge in [-0.15, -0.1) is 10.2 Å². The maximum atomic E-state index is 4.51. The quantitative estimate of drug-likeness (QED) is 0.784. The van der Waals surface area contributed by atoms with Crippen LogP contribution in [0.3, 0.4) is 0 Å². The smallest absolute Gasteiger partial charge is 0.185 e. The number of hydrogen-bond donors (Lipinski definition) is 1. The number of benzene rings is 1. The Hall–Kier alpha value is -2.27. The van der Waals surface area contributed by atoms with Gasteiger partial charge in [-0.1, -0.05) is 24.3 Å². The lowest BCUT2D eigenvalue weighted by Gasteiger charge is -2.07. The van der Waals surface area contributed by atoms with Gasteiger partial charge in [0.25, 0.3) is 0 Å². The fourth-order valence-electron chi connectivity index (χ4n) is 2.26. The molecule has 0 fully saturated rings. The first kappa shape index (κ1) is 12.7. The van der Waals surface area contributed by atoms with Crippen molar-refractivity contribution in [2.24, 2.45) is 0 Å². The van der Waals surface area contributed by atoms with E-state index in [1.165, 1.54) is 5.56 Å². The third-order valence-electron chi connectivity index (χ3n) is 3.30. The largest absolute Gasteiger partial charge is 0.319 e. The second-order valence-corrected chi connectivity index (χ2v) is 4.78. The average Bonchev–Trinajstić information content (AvgIpc) is 2.88. The van der Waals surface area contributed by atoms with Gasteiger partial charge >= 0.3 is 0 Å². The van der Waals surface area contributed by atoms with Crippen LogP contribution in [0.25, 0.3) is 17.0 Å². The minimum Gasteiger partial charge on any atom is -0.319 e. The zero-order valence-corrected chi connectivity index (χ0v) is 11.7. The average molecular weight is 267 g/mol. The summed E-state index contributed by atoms with van der Waals surface area (Å²) in [4.78, 5) is 0. The molecule has 0 bridgehead atoms. The van der Waals surface area contributed by atoms with Crippen LogP contribution in [0.4, 0.5) is 0 Å². The van der Waals surface area contributed by atoms with Gasteiger partial charge in [-0.05, 0) is 44.6 Å². The highest BCUT2D eigenvalue weighted by molar-refractivity contribution is 5.63. The van der Waals surface area contributed by atoms with Crippen molar-refractivity contribution < 1.29 is 0 Å². The topological polar surface area (TPSA) is 55.1 Å². The van der Waals surface area contributed by atoms with Gasteiger partial charge in [0.05, 0.1) is 5.69 Å². The van der Waals surface area contributed by atoms with Crippen molar-refractivity contribution in [1.29, 1.82) is 0 Å². The number of likely N-dealkylation sites (N-methyl/N-ethyl adjacent to an activating group) is 1. The Morgan fingerprint density at radius 1 is 1.10 bits per heavy atom. The molecule has 0 aliphatic carbocycles. The van der Waals surface area contributed by atoms with Crippen LogP contribution < -0.4 is 5.32 Å².